The van der Waals surface area contributed by atoms with E-state index in [0.717, 1.165) is 38.9 Å². The molecule has 3 fully saturated rings. The molecule has 2 N–H and O–H groups in total. The third-order valence-corrected chi connectivity index (χ3v) is 5.01. The summed E-state index contributed by atoms with van der Waals surface area (Å²) in [5, 5.41) is 6.32. The van der Waals surface area contributed by atoms with Gasteiger partial charge in [-0.15, -0.1) is 0 Å². The molecule has 1 saturated carbocycles. The molecule has 1 aromatic rings. The van der Waals surface area contributed by atoms with Gasteiger partial charge in [-0.25, -0.2) is 0 Å². The van der Waals surface area contributed by atoms with Gasteiger partial charge < -0.3 is 15.5 Å². The number of rotatable bonds is 3. The third-order valence-electron chi connectivity index (χ3n) is 5.01. The van der Waals surface area contributed by atoms with Crippen LogP contribution in [0.3, 0.4) is 0 Å². The molecule has 0 radical (unpaired) electrons. The van der Waals surface area contributed by atoms with Crippen LogP contribution in [0.2, 0.25) is 0 Å². The SMILES string of the molecule is O=C(NC1CC1)c1ccc(C(=O)N2CC[C@@H]3CNC[C@@H]32)cc1. The van der Waals surface area contributed by atoms with E-state index in [4.69, 9.17) is 0 Å². The van der Waals surface area contributed by atoms with Crippen molar-refractivity contribution in [2.75, 3.05) is 19.6 Å². The molecule has 2 aliphatic heterocycles. The zero-order chi connectivity index (χ0) is 15.1. The molecular weight excluding hydrogens is 278 g/mol. The van der Waals surface area contributed by atoms with Crippen molar-refractivity contribution >= 4 is 11.8 Å². The number of hydrogen-bond donors (Lipinski definition) is 2. The highest BCUT2D eigenvalue weighted by Crippen LogP contribution is 2.28. The molecule has 0 aromatic heterocycles. The minimum Gasteiger partial charge on any atom is -0.349 e. The van der Waals surface area contributed by atoms with E-state index in [1.807, 2.05) is 4.90 Å². The lowest BCUT2D eigenvalue weighted by atomic mass is 10.0. The summed E-state index contributed by atoms with van der Waals surface area (Å²) in [4.78, 5) is 26.6. The maximum atomic E-state index is 12.7. The van der Waals surface area contributed by atoms with E-state index >= 15 is 0 Å². The van der Waals surface area contributed by atoms with Crippen molar-refractivity contribution in [1.29, 1.82) is 0 Å². The summed E-state index contributed by atoms with van der Waals surface area (Å²) < 4.78 is 0. The molecule has 2 saturated heterocycles. The number of nitrogens with one attached hydrogen (secondary N) is 2. The Morgan fingerprint density at radius 1 is 1.05 bits per heavy atom. The van der Waals surface area contributed by atoms with Crippen LogP contribution in [0, 0.1) is 5.92 Å². The molecule has 116 valence electrons. The van der Waals surface area contributed by atoms with Crippen LogP contribution >= 0.6 is 0 Å². The second kappa shape index (κ2) is 5.39. The van der Waals surface area contributed by atoms with Gasteiger partial charge in [0.05, 0.1) is 0 Å². The number of nitrogens with zero attached hydrogens (tertiary/aromatic N) is 1. The minimum absolute atomic E-state index is 0.0391. The third kappa shape index (κ3) is 2.50. The van der Waals surface area contributed by atoms with E-state index in [-0.39, 0.29) is 11.8 Å². The maximum Gasteiger partial charge on any atom is 0.254 e. The van der Waals surface area contributed by atoms with Crippen molar-refractivity contribution in [2.45, 2.75) is 31.3 Å². The normalized spacial score (nSPS) is 26.8. The molecule has 5 heteroatoms. The second-order valence-corrected chi connectivity index (χ2v) is 6.60. The quantitative estimate of drug-likeness (QED) is 0.876. The Morgan fingerprint density at radius 2 is 1.77 bits per heavy atom. The molecule has 0 spiro atoms. The molecule has 4 rings (SSSR count). The molecule has 2 amide bonds. The fraction of sp³-hybridized carbons (Fsp3) is 0.529. The summed E-state index contributed by atoms with van der Waals surface area (Å²) in [7, 11) is 0. The average molecular weight is 299 g/mol. The van der Waals surface area contributed by atoms with E-state index in [1.54, 1.807) is 24.3 Å². The van der Waals surface area contributed by atoms with Gasteiger partial charge in [-0.3, -0.25) is 9.59 Å². The first-order chi connectivity index (χ1) is 10.7. The number of likely N-dealkylation sites (tertiary alicyclic amines) is 1. The van der Waals surface area contributed by atoms with Crippen LogP contribution in [0.4, 0.5) is 0 Å². The second-order valence-electron chi connectivity index (χ2n) is 6.60. The van der Waals surface area contributed by atoms with Gasteiger partial charge in [0, 0.05) is 42.8 Å². The predicted octanol–water partition coefficient (Wildman–Crippen LogP) is 1.01. The van der Waals surface area contributed by atoms with Crippen molar-refractivity contribution < 1.29 is 9.59 Å². The van der Waals surface area contributed by atoms with Gasteiger partial charge in [0.25, 0.3) is 11.8 Å². The Bertz CT molecular complexity index is 594. The highest BCUT2D eigenvalue weighted by atomic mass is 16.2. The minimum atomic E-state index is -0.0391. The van der Waals surface area contributed by atoms with E-state index in [0.29, 0.717) is 29.1 Å². The topological polar surface area (TPSA) is 61.4 Å². The van der Waals surface area contributed by atoms with E-state index in [9.17, 15) is 9.59 Å². The van der Waals surface area contributed by atoms with Gasteiger partial charge in [0.1, 0.15) is 0 Å². The lowest BCUT2D eigenvalue weighted by Crippen LogP contribution is -2.39. The molecule has 0 bridgehead atoms. The summed E-state index contributed by atoms with van der Waals surface area (Å²) in [5.74, 6) is 0.653. The molecule has 2 atom stereocenters. The Kier molecular flexibility index (Phi) is 3.37. The van der Waals surface area contributed by atoms with E-state index in [2.05, 4.69) is 10.6 Å². The lowest BCUT2D eigenvalue weighted by Gasteiger charge is -2.23. The molecule has 1 aromatic carbocycles. The fourth-order valence-electron chi connectivity index (χ4n) is 3.53. The summed E-state index contributed by atoms with van der Waals surface area (Å²) in [6, 6.07) is 7.76. The maximum absolute atomic E-state index is 12.7. The van der Waals surface area contributed by atoms with Gasteiger partial charge in [0.2, 0.25) is 0 Å². The van der Waals surface area contributed by atoms with Gasteiger partial charge in [0.15, 0.2) is 0 Å². The van der Waals surface area contributed by atoms with E-state index < -0.39 is 0 Å². The van der Waals surface area contributed by atoms with Crippen LogP contribution in [0.5, 0.6) is 0 Å². The summed E-state index contributed by atoms with van der Waals surface area (Å²) >= 11 is 0. The number of benzene rings is 1. The molecule has 3 aliphatic rings. The first-order valence-corrected chi connectivity index (χ1v) is 8.15. The highest BCUT2D eigenvalue weighted by molar-refractivity contribution is 5.98. The van der Waals surface area contributed by atoms with Crippen molar-refractivity contribution in [1.82, 2.24) is 15.5 Å². The number of carbonyl (C=O) groups is 2. The van der Waals surface area contributed by atoms with Crippen molar-refractivity contribution in [3.05, 3.63) is 35.4 Å². The van der Waals surface area contributed by atoms with Crippen LogP contribution in [-0.4, -0.2) is 48.4 Å². The molecular formula is C17H21N3O2. The molecule has 0 unspecified atom stereocenters. The Labute approximate surface area is 130 Å². The first-order valence-electron chi connectivity index (χ1n) is 8.15. The number of hydrogen-bond acceptors (Lipinski definition) is 3. The van der Waals surface area contributed by atoms with Crippen molar-refractivity contribution in [3.8, 4) is 0 Å². The zero-order valence-corrected chi connectivity index (χ0v) is 12.5. The molecule has 2 heterocycles. The smallest absolute Gasteiger partial charge is 0.254 e. The molecule has 1 aliphatic carbocycles. The largest absolute Gasteiger partial charge is 0.349 e. The monoisotopic (exact) mass is 299 g/mol. The molecule has 22 heavy (non-hydrogen) atoms. The average Bonchev–Trinajstić information content (AvgIpc) is 3.08. The fourth-order valence-corrected chi connectivity index (χ4v) is 3.53. The van der Waals surface area contributed by atoms with Crippen LogP contribution < -0.4 is 10.6 Å². The van der Waals surface area contributed by atoms with Gasteiger partial charge in [-0.1, -0.05) is 0 Å². The van der Waals surface area contributed by atoms with Crippen LogP contribution in [0.25, 0.3) is 0 Å². The summed E-state index contributed by atoms with van der Waals surface area (Å²) in [5.41, 5.74) is 1.31. The summed E-state index contributed by atoms with van der Waals surface area (Å²) in [6.07, 6.45) is 3.24. The number of carbonyl (C=O) groups excluding carboxylic acids is 2. The number of fused-ring (bicyclic) bond motifs is 1. The van der Waals surface area contributed by atoms with Crippen molar-refractivity contribution in [2.24, 2.45) is 5.92 Å². The van der Waals surface area contributed by atoms with Crippen molar-refractivity contribution in [3.63, 3.8) is 0 Å². The van der Waals surface area contributed by atoms with Gasteiger partial charge >= 0.3 is 0 Å². The Morgan fingerprint density at radius 3 is 2.50 bits per heavy atom. The first kappa shape index (κ1) is 13.8. The van der Waals surface area contributed by atoms with Gasteiger partial charge in [-0.05, 0) is 49.4 Å². The standard InChI is InChI=1S/C17H21N3O2/c21-16(19-14-5-6-14)11-1-3-12(4-2-11)17(22)20-8-7-13-9-18-10-15(13)20/h1-4,13-15,18H,5-10H2,(H,19,21)/t13-,15+/m1/s1. The lowest BCUT2D eigenvalue weighted by molar-refractivity contribution is 0.0736. The zero-order valence-electron chi connectivity index (χ0n) is 12.5. The van der Waals surface area contributed by atoms with Crippen LogP contribution in [-0.2, 0) is 0 Å². The van der Waals surface area contributed by atoms with Crippen LogP contribution in [0.15, 0.2) is 24.3 Å². The van der Waals surface area contributed by atoms with Crippen LogP contribution in [0.1, 0.15) is 40.0 Å². The number of amides is 2. The van der Waals surface area contributed by atoms with Gasteiger partial charge in [-0.2, -0.15) is 0 Å². The van der Waals surface area contributed by atoms with E-state index in [1.165, 1.54) is 0 Å². The predicted molar refractivity (Wildman–Crippen MR) is 82.7 cm³/mol. The Balaban J connectivity index is 1.45. The highest BCUT2D eigenvalue weighted by Gasteiger charge is 2.40. The summed E-state index contributed by atoms with van der Waals surface area (Å²) in [6.45, 7) is 2.77. The molecule has 5 nitrogen and oxygen atoms in total. The Hall–Kier alpha value is -1.88.